The maximum Gasteiger partial charge on any atom is 0.308 e. The molecule has 0 radical (unpaired) electrons. The molecule has 2 bridgehead atoms. The molecule has 1 N–H and O–H groups in total. The lowest BCUT2D eigenvalue weighted by Crippen LogP contribution is -2.37. The molecule has 1 saturated heterocycles. The maximum atomic E-state index is 12.9. The highest BCUT2D eigenvalue weighted by atomic mass is 79.9. The summed E-state index contributed by atoms with van der Waals surface area (Å²) in [5.74, 6) is -1.80. The van der Waals surface area contributed by atoms with Gasteiger partial charge >= 0.3 is 5.97 Å². The second-order valence-corrected chi connectivity index (χ2v) is 10.9. The molecule has 2 aliphatic carbocycles. The number of anilines is 1. The summed E-state index contributed by atoms with van der Waals surface area (Å²) < 4.78 is 5.09. The van der Waals surface area contributed by atoms with Crippen molar-refractivity contribution in [3.8, 4) is 0 Å². The number of halogens is 2. The minimum Gasteiger partial charge on any atom is -0.456 e. The van der Waals surface area contributed by atoms with Crippen LogP contribution in [0.2, 0.25) is 0 Å². The Labute approximate surface area is 207 Å². The van der Waals surface area contributed by atoms with Gasteiger partial charge in [-0.1, -0.05) is 68.3 Å². The third-order valence-corrected chi connectivity index (χ3v) is 10.3. The van der Waals surface area contributed by atoms with Gasteiger partial charge in [-0.2, -0.15) is 0 Å². The van der Waals surface area contributed by atoms with Crippen molar-refractivity contribution in [2.24, 2.45) is 23.7 Å². The highest BCUT2D eigenvalue weighted by molar-refractivity contribution is 9.12. The van der Waals surface area contributed by atoms with Crippen molar-refractivity contribution in [3.05, 3.63) is 42.5 Å². The molecule has 172 valence electrons. The van der Waals surface area contributed by atoms with Crippen LogP contribution >= 0.6 is 31.9 Å². The van der Waals surface area contributed by atoms with E-state index in [1.807, 2.05) is 36.4 Å². The summed E-state index contributed by atoms with van der Waals surface area (Å²) in [5, 5.41) is 4.64. The van der Waals surface area contributed by atoms with Crippen LogP contribution in [0, 0.1) is 23.7 Å². The molecule has 5 rings (SSSR count). The average Bonchev–Trinajstić information content (AvgIpc) is 3.42. The number of hydrogen-bond donors (Lipinski definition) is 1. The number of benzene rings is 2. The van der Waals surface area contributed by atoms with E-state index in [0.29, 0.717) is 5.69 Å². The number of likely N-dealkylation sites (tertiary alicyclic amines) is 1. The first-order valence-electron chi connectivity index (χ1n) is 10.9. The van der Waals surface area contributed by atoms with Crippen LogP contribution < -0.4 is 5.32 Å². The molecule has 3 aliphatic rings. The van der Waals surface area contributed by atoms with Crippen molar-refractivity contribution in [1.29, 1.82) is 0 Å². The van der Waals surface area contributed by atoms with E-state index in [1.54, 1.807) is 6.07 Å². The Bertz CT molecular complexity index is 1120. The van der Waals surface area contributed by atoms with E-state index in [-0.39, 0.29) is 58.1 Å². The molecule has 3 amide bonds. The lowest BCUT2D eigenvalue weighted by atomic mass is 9.81. The fraction of sp³-hybridized carbons (Fsp3) is 0.417. The summed E-state index contributed by atoms with van der Waals surface area (Å²) >= 11 is 7.31. The zero-order valence-electron chi connectivity index (χ0n) is 17.6. The monoisotopic (exact) mass is 576 g/mol. The largest absolute Gasteiger partial charge is 0.456 e. The predicted molar refractivity (Wildman–Crippen MR) is 129 cm³/mol. The number of rotatable bonds is 6. The predicted octanol–water partition coefficient (Wildman–Crippen LogP) is 3.49. The molecule has 0 spiro atoms. The Morgan fingerprint density at radius 2 is 1.61 bits per heavy atom. The van der Waals surface area contributed by atoms with Gasteiger partial charge in [0.2, 0.25) is 11.8 Å². The SMILES string of the molecule is O=C(COC(=O)CCN1C(=O)[C@@H]2[C@H]3C[C@@H]([C@@H](Br)[C@H]3Br)[C@H]2C1=O)Nc1cccc2ccccc12. The van der Waals surface area contributed by atoms with Gasteiger partial charge in [0.25, 0.3) is 5.91 Å². The number of ether oxygens (including phenoxy) is 1. The lowest BCUT2D eigenvalue weighted by molar-refractivity contribution is -0.149. The molecular formula is C24H22Br2N2O5. The van der Waals surface area contributed by atoms with E-state index in [9.17, 15) is 19.2 Å². The molecule has 0 aromatic heterocycles. The number of nitrogens with zero attached hydrogens (tertiary/aromatic N) is 1. The Morgan fingerprint density at radius 3 is 2.30 bits per heavy atom. The molecule has 9 heteroatoms. The van der Waals surface area contributed by atoms with Crippen LogP contribution in [0.25, 0.3) is 10.8 Å². The second-order valence-electron chi connectivity index (χ2n) is 8.82. The molecule has 3 fully saturated rings. The van der Waals surface area contributed by atoms with Gasteiger partial charge in [-0.25, -0.2) is 0 Å². The van der Waals surface area contributed by atoms with Crippen LogP contribution in [-0.2, 0) is 23.9 Å². The van der Waals surface area contributed by atoms with Gasteiger partial charge in [0.05, 0.1) is 18.3 Å². The number of carbonyl (C=O) groups excluding carboxylic acids is 4. The van der Waals surface area contributed by atoms with Gasteiger partial charge in [-0.15, -0.1) is 0 Å². The molecule has 2 saturated carbocycles. The number of carbonyl (C=O) groups is 4. The number of fused-ring (bicyclic) bond motifs is 6. The zero-order chi connectivity index (χ0) is 23.3. The van der Waals surface area contributed by atoms with Gasteiger partial charge in [-0.05, 0) is 29.7 Å². The van der Waals surface area contributed by atoms with Crippen LogP contribution in [0.3, 0.4) is 0 Å². The average molecular weight is 578 g/mol. The van der Waals surface area contributed by atoms with Crippen LogP contribution in [0.1, 0.15) is 12.8 Å². The van der Waals surface area contributed by atoms with Gasteiger partial charge in [0.1, 0.15) is 0 Å². The topological polar surface area (TPSA) is 92.8 Å². The third-order valence-electron chi connectivity index (χ3n) is 7.05. The molecule has 6 atom stereocenters. The molecule has 1 heterocycles. The fourth-order valence-electron chi connectivity index (χ4n) is 5.57. The quantitative estimate of drug-likeness (QED) is 0.322. The van der Waals surface area contributed by atoms with Crippen LogP contribution in [0.4, 0.5) is 5.69 Å². The van der Waals surface area contributed by atoms with Gasteiger partial charge < -0.3 is 10.1 Å². The minimum absolute atomic E-state index is 0.0201. The molecule has 0 unspecified atom stereocenters. The number of esters is 1. The van der Waals surface area contributed by atoms with Crippen molar-refractivity contribution in [2.45, 2.75) is 22.5 Å². The van der Waals surface area contributed by atoms with E-state index < -0.39 is 18.5 Å². The molecule has 2 aromatic rings. The van der Waals surface area contributed by atoms with E-state index in [0.717, 1.165) is 17.2 Å². The lowest BCUT2D eigenvalue weighted by Gasteiger charge is -2.28. The van der Waals surface area contributed by atoms with E-state index in [2.05, 4.69) is 37.2 Å². The standard InChI is InChI=1S/C24H22Br2N2O5/c25-21-14-10-15(22(21)26)20-19(14)23(31)28(24(20)32)9-8-18(30)33-11-17(29)27-16-7-3-5-12-4-1-2-6-13(12)16/h1-7,14-15,19-22H,8-11H2,(H,27,29)/t14-,15-,19-,20-,21-,22+/m1/s1. The Hall–Kier alpha value is -2.26. The summed E-state index contributed by atoms with van der Waals surface area (Å²) in [6.45, 7) is -0.455. The van der Waals surface area contributed by atoms with Gasteiger partial charge in [0.15, 0.2) is 6.61 Å². The molecule has 1 aliphatic heterocycles. The van der Waals surface area contributed by atoms with Crippen molar-refractivity contribution in [2.75, 3.05) is 18.5 Å². The summed E-state index contributed by atoms with van der Waals surface area (Å²) in [4.78, 5) is 51.8. The summed E-state index contributed by atoms with van der Waals surface area (Å²) in [7, 11) is 0. The van der Waals surface area contributed by atoms with Crippen LogP contribution in [-0.4, -0.2) is 51.4 Å². The maximum absolute atomic E-state index is 12.9. The molecule has 7 nitrogen and oxygen atoms in total. The zero-order valence-corrected chi connectivity index (χ0v) is 20.8. The van der Waals surface area contributed by atoms with Crippen molar-refractivity contribution < 1.29 is 23.9 Å². The smallest absolute Gasteiger partial charge is 0.308 e. The van der Waals surface area contributed by atoms with Crippen LogP contribution in [0.5, 0.6) is 0 Å². The van der Waals surface area contributed by atoms with Gasteiger partial charge in [-0.3, -0.25) is 24.1 Å². The van der Waals surface area contributed by atoms with E-state index >= 15 is 0 Å². The van der Waals surface area contributed by atoms with Crippen molar-refractivity contribution in [3.63, 3.8) is 0 Å². The van der Waals surface area contributed by atoms with Gasteiger partial charge in [0, 0.05) is 27.3 Å². The molecule has 33 heavy (non-hydrogen) atoms. The third kappa shape index (κ3) is 3.89. The Morgan fingerprint density at radius 1 is 0.970 bits per heavy atom. The Kier molecular flexibility index (Phi) is 6.03. The molecule has 2 aromatic carbocycles. The Balaban J connectivity index is 1.13. The van der Waals surface area contributed by atoms with Crippen molar-refractivity contribution >= 4 is 72.0 Å². The first-order valence-corrected chi connectivity index (χ1v) is 12.8. The summed E-state index contributed by atoms with van der Waals surface area (Å²) in [6.07, 6.45) is 0.726. The normalized spacial score (nSPS) is 30.1. The van der Waals surface area contributed by atoms with E-state index in [1.165, 1.54) is 4.90 Å². The van der Waals surface area contributed by atoms with Crippen LogP contribution in [0.15, 0.2) is 42.5 Å². The number of nitrogens with one attached hydrogen (secondary N) is 1. The number of alkyl halides is 2. The summed E-state index contributed by atoms with van der Waals surface area (Å²) in [5.41, 5.74) is 0.638. The highest BCUT2D eigenvalue weighted by Crippen LogP contribution is 2.60. The van der Waals surface area contributed by atoms with E-state index in [4.69, 9.17) is 4.74 Å². The molecular weight excluding hydrogens is 556 g/mol. The highest BCUT2D eigenvalue weighted by Gasteiger charge is 2.66. The number of hydrogen-bond acceptors (Lipinski definition) is 5. The van der Waals surface area contributed by atoms with Crippen molar-refractivity contribution in [1.82, 2.24) is 4.90 Å². The summed E-state index contributed by atoms with van der Waals surface area (Å²) in [6, 6.07) is 13.2. The number of imide groups is 1. The minimum atomic E-state index is -0.625. The second kappa shape index (κ2) is 8.83. The first kappa shape index (κ1) is 22.5. The fourth-order valence-corrected chi connectivity index (χ4v) is 7.45. The first-order chi connectivity index (χ1) is 15.9. The number of amides is 3.